The molecule has 3 radical (unpaired) electrons. The first kappa shape index (κ1) is 32.4. The fourth-order valence-electron chi connectivity index (χ4n) is 0. The van der Waals surface area contributed by atoms with Gasteiger partial charge in [0, 0.05) is 76.1 Å². The summed E-state index contributed by atoms with van der Waals surface area (Å²) in [7, 11) is 0. The largest absolute Gasteiger partial charge is 0 e. The Bertz CT molecular complexity index is 8.00. The topological polar surface area (TPSA) is 0 Å². The first-order chi connectivity index (χ1) is 0. The van der Waals surface area contributed by atoms with Crippen LogP contribution in [-0.2, 0) is 53.0 Å². The monoisotopic (exact) mass is 209 g/mol. The van der Waals surface area contributed by atoms with Crippen LogP contribution in [0.2, 0.25) is 0 Å². The maximum Gasteiger partial charge on any atom is 0 e. The predicted octanol–water partition coefficient (Wildman–Crippen LogP) is -0.388. The van der Waals surface area contributed by atoms with Crippen molar-refractivity contribution in [3.63, 3.8) is 0 Å². The van der Waals surface area contributed by atoms with E-state index in [0.717, 1.165) is 0 Å². The zero-order valence-corrected chi connectivity index (χ0v) is 8.34. The normalized spacial score (nSPS) is 0. The van der Waals surface area contributed by atoms with E-state index in [-0.39, 0.29) is 76.1 Å². The molecule has 0 amide bonds. The Balaban J connectivity index is 0. The second-order valence-corrected chi connectivity index (χ2v) is 0. The molecule has 0 saturated carbocycles. The summed E-state index contributed by atoms with van der Waals surface area (Å²) in [6, 6.07) is 0. The van der Waals surface area contributed by atoms with E-state index in [4.69, 9.17) is 0 Å². The molecule has 4 heavy (non-hydrogen) atoms. The fraction of sp³-hybridized carbons (Fsp3) is 0. The van der Waals surface area contributed by atoms with Gasteiger partial charge >= 0.3 is 0 Å². The second kappa shape index (κ2) is 18.1. The molecule has 0 heterocycles. The zero-order chi connectivity index (χ0) is 0. The van der Waals surface area contributed by atoms with Crippen LogP contribution in [0.3, 0.4) is 0 Å². The van der Waals surface area contributed by atoms with Crippen LogP contribution in [0.1, 0.15) is 0 Å². The molecule has 0 aromatic carbocycles. The van der Waals surface area contributed by atoms with E-state index in [0.29, 0.717) is 0 Å². The minimum absolute atomic E-state index is 0. The van der Waals surface area contributed by atoms with E-state index >= 15 is 0 Å². The van der Waals surface area contributed by atoms with Crippen molar-refractivity contribution >= 4 is 23.1 Å². The molecule has 0 fully saturated rings. The van der Waals surface area contributed by atoms with Crippen LogP contribution in [-0.4, -0.2) is 23.1 Å². The molecular formula is CuMgNiZn. The third-order valence-electron chi connectivity index (χ3n) is 0. The third kappa shape index (κ3) is 8.83. The standard InChI is InChI=1S/Cu.Mg.Ni.Zn. The van der Waals surface area contributed by atoms with Gasteiger partial charge in [-0.3, -0.25) is 0 Å². The molecule has 25 valence electrons. The predicted molar refractivity (Wildman–Crippen MR) is 5.75 cm³/mol. The summed E-state index contributed by atoms with van der Waals surface area (Å²) in [5.41, 5.74) is 0. The Morgan fingerprint density at radius 2 is 1.00 bits per heavy atom. The molecule has 0 spiro atoms. The molecule has 0 aliphatic carbocycles. The summed E-state index contributed by atoms with van der Waals surface area (Å²) in [6.45, 7) is 0. The van der Waals surface area contributed by atoms with Crippen LogP contribution in [0.5, 0.6) is 0 Å². The average molecular weight is 212 g/mol. The summed E-state index contributed by atoms with van der Waals surface area (Å²) >= 11 is 0. The van der Waals surface area contributed by atoms with Gasteiger partial charge in [-0.05, 0) is 0 Å². The van der Waals surface area contributed by atoms with E-state index in [1.165, 1.54) is 0 Å². The molecule has 0 aliphatic rings. The zero-order valence-electron chi connectivity index (χ0n) is 2.03. The van der Waals surface area contributed by atoms with Crippen LogP contribution in [0, 0.1) is 0 Å². The minimum Gasteiger partial charge on any atom is 0 e. The summed E-state index contributed by atoms with van der Waals surface area (Å²) in [5.74, 6) is 0. The van der Waals surface area contributed by atoms with Gasteiger partial charge in [0.1, 0.15) is 0 Å². The van der Waals surface area contributed by atoms with Crippen molar-refractivity contribution in [1.29, 1.82) is 0 Å². The first-order valence-corrected chi connectivity index (χ1v) is 0. The Morgan fingerprint density at radius 3 is 1.00 bits per heavy atom. The van der Waals surface area contributed by atoms with Gasteiger partial charge in [-0.2, -0.15) is 0 Å². The summed E-state index contributed by atoms with van der Waals surface area (Å²) in [4.78, 5) is 0. The molecular weight excluding hydrogens is 212 g/mol. The van der Waals surface area contributed by atoms with Gasteiger partial charge in [-0.25, -0.2) is 0 Å². The number of hydrogen-bond acceptors (Lipinski definition) is 0. The quantitative estimate of drug-likeness (QED) is 0.480. The van der Waals surface area contributed by atoms with E-state index < -0.39 is 0 Å². The molecule has 0 nitrogen and oxygen atoms in total. The molecule has 0 unspecified atom stereocenters. The summed E-state index contributed by atoms with van der Waals surface area (Å²) in [6.07, 6.45) is 0. The van der Waals surface area contributed by atoms with E-state index in [2.05, 4.69) is 0 Å². The van der Waals surface area contributed by atoms with Crippen LogP contribution in [0.4, 0.5) is 0 Å². The van der Waals surface area contributed by atoms with Gasteiger partial charge in [0.15, 0.2) is 0 Å². The van der Waals surface area contributed by atoms with Crippen LogP contribution in [0.25, 0.3) is 0 Å². The fourth-order valence-corrected chi connectivity index (χ4v) is 0. The second-order valence-electron chi connectivity index (χ2n) is 0. The Hall–Kier alpha value is 2.40. The van der Waals surface area contributed by atoms with Gasteiger partial charge in [-0.15, -0.1) is 0 Å². The number of hydrogen-bond donors (Lipinski definition) is 0. The molecule has 0 aromatic rings. The van der Waals surface area contributed by atoms with Gasteiger partial charge in [0.2, 0.25) is 0 Å². The SMILES string of the molecule is [Cu].[Mg].[Ni].[Zn]. The minimum atomic E-state index is 0. The van der Waals surface area contributed by atoms with Crippen molar-refractivity contribution in [2.24, 2.45) is 0 Å². The Morgan fingerprint density at radius 1 is 1.00 bits per heavy atom. The molecule has 0 aliphatic heterocycles. The summed E-state index contributed by atoms with van der Waals surface area (Å²) < 4.78 is 0. The molecule has 0 atom stereocenters. The Kier molecular flexibility index (Phi) is 147. The van der Waals surface area contributed by atoms with E-state index in [1.807, 2.05) is 0 Å². The summed E-state index contributed by atoms with van der Waals surface area (Å²) in [5, 5.41) is 0. The van der Waals surface area contributed by atoms with E-state index in [1.54, 1.807) is 0 Å². The first-order valence-electron chi connectivity index (χ1n) is 0. The average Bonchev–Trinajstić information content (AvgIpc) is 0. The Labute approximate surface area is 75.2 Å². The smallest absolute Gasteiger partial charge is 0 e. The number of rotatable bonds is 0. The van der Waals surface area contributed by atoms with E-state index in [9.17, 15) is 0 Å². The molecule has 0 N–H and O–H groups in total. The van der Waals surface area contributed by atoms with Gasteiger partial charge in [0.25, 0.3) is 0 Å². The third-order valence-corrected chi connectivity index (χ3v) is 0. The van der Waals surface area contributed by atoms with Gasteiger partial charge < -0.3 is 0 Å². The van der Waals surface area contributed by atoms with Gasteiger partial charge in [0.05, 0.1) is 0 Å². The molecule has 0 rings (SSSR count). The van der Waals surface area contributed by atoms with Crippen LogP contribution < -0.4 is 0 Å². The maximum absolute atomic E-state index is 0. The van der Waals surface area contributed by atoms with Crippen molar-refractivity contribution in [3.8, 4) is 0 Å². The van der Waals surface area contributed by atoms with Crippen molar-refractivity contribution in [3.05, 3.63) is 0 Å². The molecule has 4 heteroatoms. The van der Waals surface area contributed by atoms with Crippen molar-refractivity contribution in [2.45, 2.75) is 0 Å². The maximum atomic E-state index is 0. The molecule has 0 bridgehead atoms. The van der Waals surface area contributed by atoms with Crippen molar-refractivity contribution in [1.82, 2.24) is 0 Å². The van der Waals surface area contributed by atoms with Crippen LogP contribution >= 0.6 is 0 Å². The van der Waals surface area contributed by atoms with Crippen LogP contribution in [0.15, 0.2) is 0 Å². The van der Waals surface area contributed by atoms with Crippen molar-refractivity contribution in [2.75, 3.05) is 0 Å². The molecule has 0 saturated heterocycles. The van der Waals surface area contributed by atoms with Crippen molar-refractivity contribution < 1.29 is 53.0 Å². The van der Waals surface area contributed by atoms with Gasteiger partial charge in [-0.1, -0.05) is 0 Å². The molecule has 0 aromatic heterocycles.